The number of piperazine rings is 2. The molecular weight excluding hydrogens is 926 g/mol. The van der Waals surface area contributed by atoms with E-state index < -0.39 is 12.0 Å². The fraction of sp³-hybridized carbons (Fsp3) is 0.208. The van der Waals surface area contributed by atoms with Crippen molar-refractivity contribution in [3.63, 3.8) is 0 Å². The fourth-order valence-electron chi connectivity index (χ4n) is 9.64. The lowest BCUT2D eigenvalue weighted by Crippen LogP contribution is -2.47. The predicted molar refractivity (Wildman–Crippen MR) is 273 cm³/mol. The Bertz CT molecular complexity index is 3570. The van der Waals surface area contributed by atoms with Crippen molar-refractivity contribution in [2.24, 2.45) is 5.73 Å². The third kappa shape index (κ3) is 9.33. The molecule has 1 atom stereocenters. The summed E-state index contributed by atoms with van der Waals surface area (Å²) >= 11 is 0. The number of fused-ring (bicyclic) bond motifs is 2. The van der Waals surface area contributed by atoms with Crippen molar-refractivity contribution >= 4 is 40.5 Å². The highest BCUT2D eigenvalue weighted by Crippen LogP contribution is 2.30. The first-order chi connectivity index (χ1) is 35.7. The summed E-state index contributed by atoms with van der Waals surface area (Å²) in [5.41, 5.74) is 16.1. The molecule has 10 aromatic rings. The number of aromatic nitrogens is 12. The molecule has 0 radical (unpaired) electrons. The summed E-state index contributed by atoms with van der Waals surface area (Å²) in [4.78, 5) is 48.5. The zero-order chi connectivity index (χ0) is 49.4. The first-order valence-corrected chi connectivity index (χ1v) is 24.0. The molecule has 0 spiro atoms. The van der Waals surface area contributed by atoms with Crippen LogP contribution in [0.4, 0.5) is 27.9 Å². The second kappa shape index (κ2) is 19.2. The Kier molecular flexibility index (Phi) is 11.8. The monoisotopic (exact) mass is 973 g/mol. The number of hydrogen-bond donors (Lipinski definition) is 2. The van der Waals surface area contributed by atoms with Crippen molar-refractivity contribution in [2.45, 2.75) is 19.1 Å². The van der Waals surface area contributed by atoms with E-state index in [0.29, 0.717) is 67.7 Å². The van der Waals surface area contributed by atoms with Gasteiger partial charge in [0.1, 0.15) is 35.6 Å². The molecule has 9 heterocycles. The highest BCUT2D eigenvalue weighted by Gasteiger charge is 2.25. The second-order valence-corrected chi connectivity index (χ2v) is 18.3. The maximum absolute atomic E-state index is 13.4. The SMILES string of the molecule is NC(=O)c1ccc(-c2cc3c(N4CCN(c5ncc(Cc6cccc(Cn7cc(-c8cc9c(N%10CCN(c%11ncc([C@H](O)c%12ccc(F)cc%12)cn%11)CC%10)ncnn9c8)cn7)c6)cn5)CC4)ncnn3c2)cc1. The summed E-state index contributed by atoms with van der Waals surface area (Å²) in [6, 6.07) is 25.7. The standard InChI is InChI=1S/C53H48FN17O2/c54-45-10-8-39(9-11-45)48(72)43-26-58-53(59-27-43)68-18-14-66(15-19-68)51-47-23-42(32-71(47)64-34-61-51)44-28-62-69(30-44)29-36-3-1-2-35(20-36)21-37-24-56-52(57-25-37)67-16-12-65(13-17-67)50-46-22-41(31-70(46)63-33-60-50)38-4-6-40(7-5-38)49(55)73/h1-11,20,22-28,30-34,48,72H,12-19,21,29H2,(H2,55,73)/t48-/m1/s1. The van der Waals surface area contributed by atoms with Crippen LogP contribution in [-0.4, -0.2) is 122 Å². The van der Waals surface area contributed by atoms with Crippen molar-refractivity contribution in [3.05, 3.63) is 186 Å². The largest absolute Gasteiger partial charge is 0.384 e. The zero-order valence-corrected chi connectivity index (χ0v) is 39.5. The van der Waals surface area contributed by atoms with Gasteiger partial charge in [0.15, 0.2) is 11.6 Å². The molecule has 0 aliphatic carbocycles. The fourth-order valence-corrected chi connectivity index (χ4v) is 9.64. The van der Waals surface area contributed by atoms with Crippen LogP contribution < -0.4 is 25.3 Å². The van der Waals surface area contributed by atoms with Crippen LogP contribution >= 0.6 is 0 Å². The molecular formula is C53H48FN17O2. The van der Waals surface area contributed by atoms with E-state index in [1.165, 1.54) is 12.1 Å². The molecule has 0 bridgehead atoms. The molecule has 2 fully saturated rings. The lowest BCUT2D eigenvalue weighted by Gasteiger charge is -2.35. The maximum Gasteiger partial charge on any atom is 0.248 e. The first-order valence-electron chi connectivity index (χ1n) is 24.0. The van der Waals surface area contributed by atoms with Gasteiger partial charge in [-0.25, -0.2) is 43.3 Å². The second-order valence-electron chi connectivity index (χ2n) is 18.3. The number of rotatable bonds is 13. The van der Waals surface area contributed by atoms with Crippen LogP contribution in [0.1, 0.15) is 44.3 Å². The van der Waals surface area contributed by atoms with Gasteiger partial charge in [-0.15, -0.1) is 0 Å². The first kappa shape index (κ1) is 45.0. The average molecular weight is 974 g/mol. The Morgan fingerprint density at radius 1 is 0.548 bits per heavy atom. The van der Waals surface area contributed by atoms with Crippen molar-refractivity contribution in [1.29, 1.82) is 0 Å². The molecule has 2 aliphatic heterocycles. The number of aliphatic hydroxyl groups excluding tert-OH is 1. The lowest BCUT2D eigenvalue weighted by atomic mass is 10.0. The van der Waals surface area contributed by atoms with Gasteiger partial charge in [0.05, 0.1) is 12.7 Å². The summed E-state index contributed by atoms with van der Waals surface area (Å²) in [7, 11) is 0. The normalized spacial score (nSPS) is 14.6. The topological polar surface area (TPSA) is 206 Å². The molecule has 0 saturated carbocycles. The van der Waals surface area contributed by atoms with E-state index in [-0.39, 0.29) is 5.82 Å². The molecule has 12 rings (SSSR count). The highest BCUT2D eigenvalue weighted by atomic mass is 19.1. The van der Waals surface area contributed by atoms with E-state index in [4.69, 9.17) is 25.8 Å². The van der Waals surface area contributed by atoms with E-state index >= 15 is 0 Å². The van der Waals surface area contributed by atoms with Crippen LogP contribution in [-0.2, 0) is 13.0 Å². The minimum Gasteiger partial charge on any atom is -0.384 e. The maximum atomic E-state index is 13.4. The van der Waals surface area contributed by atoms with E-state index in [1.54, 1.807) is 49.3 Å². The van der Waals surface area contributed by atoms with Crippen LogP contribution in [0.5, 0.6) is 0 Å². The van der Waals surface area contributed by atoms with Crippen molar-refractivity contribution in [1.82, 2.24) is 58.9 Å². The number of anilines is 4. The highest BCUT2D eigenvalue weighted by molar-refractivity contribution is 5.93. The number of carbonyl (C=O) groups is 1. The number of primary amides is 1. The molecule has 3 aromatic carbocycles. The van der Waals surface area contributed by atoms with Crippen molar-refractivity contribution in [2.75, 3.05) is 72.0 Å². The quantitative estimate of drug-likeness (QED) is 0.147. The van der Waals surface area contributed by atoms with Gasteiger partial charge in [-0.3, -0.25) is 9.48 Å². The van der Waals surface area contributed by atoms with Gasteiger partial charge in [-0.05, 0) is 64.2 Å². The summed E-state index contributed by atoms with van der Waals surface area (Å²) in [6.07, 6.45) is 17.9. The van der Waals surface area contributed by atoms with Gasteiger partial charge in [0, 0.05) is 130 Å². The summed E-state index contributed by atoms with van der Waals surface area (Å²) in [6.45, 7) is 6.38. The van der Waals surface area contributed by atoms with Gasteiger partial charge in [-0.2, -0.15) is 15.3 Å². The number of benzene rings is 3. The summed E-state index contributed by atoms with van der Waals surface area (Å²) in [5, 5.41) is 24.5. The molecule has 3 N–H and O–H groups in total. The van der Waals surface area contributed by atoms with E-state index in [1.807, 2.05) is 56.8 Å². The summed E-state index contributed by atoms with van der Waals surface area (Å²) < 4.78 is 19.1. The molecule has 0 unspecified atom stereocenters. The van der Waals surface area contributed by atoms with Crippen LogP contribution in [0.25, 0.3) is 33.3 Å². The molecule has 19 nitrogen and oxygen atoms in total. The number of aliphatic hydroxyl groups is 1. The van der Waals surface area contributed by atoms with Gasteiger partial charge < -0.3 is 30.4 Å². The van der Waals surface area contributed by atoms with Crippen LogP contribution in [0, 0.1) is 5.82 Å². The van der Waals surface area contributed by atoms with Crippen LogP contribution in [0.15, 0.2) is 147 Å². The Morgan fingerprint density at radius 3 is 1.68 bits per heavy atom. The van der Waals surface area contributed by atoms with Gasteiger partial charge in [0.2, 0.25) is 17.8 Å². The minimum absolute atomic E-state index is 0.356. The van der Waals surface area contributed by atoms with E-state index in [2.05, 4.69) is 87.3 Å². The number of halogens is 1. The van der Waals surface area contributed by atoms with Crippen LogP contribution in [0.2, 0.25) is 0 Å². The van der Waals surface area contributed by atoms with Crippen molar-refractivity contribution in [3.8, 4) is 22.3 Å². The van der Waals surface area contributed by atoms with E-state index in [9.17, 15) is 14.3 Å². The number of amides is 1. The van der Waals surface area contributed by atoms with Crippen molar-refractivity contribution < 1.29 is 14.3 Å². The Balaban J connectivity index is 0.643. The van der Waals surface area contributed by atoms with Gasteiger partial charge in [-0.1, -0.05) is 48.5 Å². The molecule has 1 amide bonds. The molecule has 7 aromatic heterocycles. The third-order valence-electron chi connectivity index (χ3n) is 13.6. The Labute approximate surface area is 417 Å². The molecule has 73 heavy (non-hydrogen) atoms. The molecule has 2 saturated heterocycles. The number of nitrogens with zero attached hydrogens (tertiary/aromatic N) is 16. The molecule has 20 heteroatoms. The van der Waals surface area contributed by atoms with E-state index in [0.717, 1.165) is 87.8 Å². The Hall–Kier alpha value is -9.17. The molecule has 364 valence electrons. The molecule has 2 aliphatic rings. The third-order valence-corrected chi connectivity index (χ3v) is 13.6. The average Bonchev–Trinajstić information content (AvgIpc) is 4.21. The minimum atomic E-state index is -0.942. The number of hydrogen-bond acceptors (Lipinski definition) is 15. The van der Waals surface area contributed by atoms with Crippen LogP contribution in [0.3, 0.4) is 0 Å². The number of carbonyl (C=O) groups excluding carboxylic acids is 1. The smallest absolute Gasteiger partial charge is 0.248 e. The zero-order valence-electron chi connectivity index (χ0n) is 39.5. The lowest BCUT2D eigenvalue weighted by molar-refractivity contribution is 0.1000. The van der Waals surface area contributed by atoms with Gasteiger partial charge >= 0.3 is 0 Å². The Morgan fingerprint density at radius 2 is 1.10 bits per heavy atom. The summed E-state index contributed by atoms with van der Waals surface area (Å²) in [5.74, 6) is 2.20. The van der Waals surface area contributed by atoms with Gasteiger partial charge in [0.25, 0.3) is 0 Å². The predicted octanol–water partition coefficient (Wildman–Crippen LogP) is 5.49. The number of nitrogens with two attached hydrogens (primary N) is 1.